The van der Waals surface area contributed by atoms with Crippen LogP contribution in [-0.2, 0) is 0 Å². The molecule has 1 aromatic carbocycles. The Balaban J connectivity index is 2.95. The highest BCUT2D eigenvalue weighted by molar-refractivity contribution is 9.10. The van der Waals surface area contributed by atoms with E-state index in [0.717, 1.165) is 15.4 Å². The first-order valence-corrected chi connectivity index (χ1v) is 5.66. The van der Waals surface area contributed by atoms with Crippen molar-refractivity contribution in [3.63, 3.8) is 0 Å². The molecule has 0 saturated heterocycles. The number of fused-ring (bicyclic) bond motifs is 1. The summed E-state index contributed by atoms with van der Waals surface area (Å²) < 4.78 is 6.07. The van der Waals surface area contributed by atoms with E-state index in [1.54, 1.807) is 7.11 Å². The standard InChI is InChI=1S/C10H6BrCl2NO/c1-15-7-3-2-5(11)10-8(7)9(13)6(12)4-14-10/h2-4H,1H3. The number of ether oxygens (including phenoxy) is 1. The summed E-state index contributed by atoms with van der Waals surface area (Å²) >= 11 is 15.4. The molecule has 0 spiro atoms. The molecular weight excluding hydrogens is 301 g/mol. The quantitative estimate of drug-likeness (QED) is 0.783. The first kappa shape index (κ1) is 11.0. The molecule has 2 rings (SSSR count). The molecule has 0 bridgehead atoms. The summed E-state index contributed by atoms with van der Waals surface area (Å²) in [5.41, 5.74) is 0.740. The minimum absolute atomic E-state index is 0.417. The minimum atomic E-state index is 0.417. The number of aromatic nitrogens is 1. The van der Waals surface area contributed by atoms with Crippen LogP contribution in [0.25, 0.3) is 10.9 Å². The minimum Gasteiger partial charge on any atom is -0.496 e. The lowest BCUT2D eigenvalue weighted by atomic mass is 10.2. The van der Waals surface area contributed by atoms with Crippen molar-refractivity contribution in [1.29, 1.82) is 0 Å². The molecule has 5 heteroatoms. The zero-order valence-corrected chi connectivity index (χ0v) is 10.8. The van der Waals surface area contributed by atoms with Crippen molar-refractivity contribution >= 4 is 50.0 Å². The summed E-state index contributed by atoms with van der Waals surface area (Å²) in [6.45, 7) is 0. The van der Waals surface area contributed by atoms with Gasteiger partial charge < -0.3 is 4.74 Å². The summed E-state index contributed by atoms with van der Waals surface area (Å²) in [7, 11) is 1.58. The van der Waals surface area contributed by atoms with Crippen molar-refractivity contribution in [1.82, 2.24) is 4.98 Å². The molecule has 1 aromatic heterocycles. The van der Waals surface area contributed by atoms with Crippen molar-refractivity contribution in [3.05, 3.63) is 32.8 Å². The van der Waals surface area contributed by atoms with Crippen LogP contribution in [0, 0.1) is 0 Å². The van der Waals surface area contributed by atoms with Crippen LogP contribution in [0.1, 0.15) is 0 Å². The van der Waals surface area contributed by atoms with Gasteiger partial charge in [0, 0.05) is 10.7 Å². The summed E-state index contributed by atoms with van der Waals surface area (Å²) in [5.74, 6) is 0.660. The average Bonchev–Trinajstić information content (AvgIpc) is 2.24. The van der Waals surface area contributed by atoms with Crippen LogP contribution in [0.15, 0.2) is 22.8 Å². The van der Waals surface area contributed by atoms with Crippen LogP contribution >= 0.6 is 39.1 Å². The van der Waals surface area contributed by atoms with Gasteiger partial charge >= 0.3 is 0 Å². The molecule has 15 heavy (non-hydrogen) atoms. The Morgan fingerprint density at radius 2 is 2.07 bits per heavy atom. The van der Waals surface area contributed by atoms with Gasteiger partial charge in [0.2, 0.25) is 0 Å². The van der Waals surface area contributed by atoms with Gasteiger partial charge in [-0.2, -0.15) is 0 Å². The van der Waals surface area contributed by atoms with E-state index in [0.29, 0.717) is 15.8 Å². The zero-order chi connectivity index (χ0) is 11.0. The maximum atomic E-state index is 6.11. The van der Waals surface area contributed by atoms with Crippen LogP contribution < -0.4 is 4.74 Å². The molecule has 0 aliphatic heterocycles. The molecule has 0 aliphatic carbocycles. The van der Waals surface area contributed by atoms with Gasteiger partial charge in [-0.3, -0.25) is 4.98 Å². The van der Waals surface area contributed by atoms with Crippen molar-refractivity contribution in [2.75, 3.05) is 7.11 Å². The molecule has 0 radical (unpaired) electrons. The van der Waals surface area contributed by atoms with E-state index in [4.69, 9.17) is 27.9 Å². The molecule has 0 atom stereocenters. The predicted octanol–water partition coefficient (Wildman–Crippen LogP) is 4.31. The van der Waals surface area contributed by atoms with Crippen LogP contribution in [0.2, 0.25) is 10.0 Å². The Morgan fingerprint density at radius 3 is 2.73 bits per heavy atom. The van der Waals surface area contributed by atoms with E-state index < -0.39 is 0 Å². The Labute approximate surface area is 105 Å². The molecule has 0 aliphatic rings. The molecule has 0 fully saturated rings. The number of hydrogen-bond acceptors (Lipinski definition) is 2. The van der Waals surface area contributed by atoms with Gasteiger partial charge in [-0.05, 0) is 28.1 Å². The van der Waals surface area contributed by atoms with Crippen LogP contribution in [0.4, 0.5) is 0 Å². The Morgan fingerprint density at radius 1 is 1.33 bits per heavy atom. The molecule has 1 heterocycles. The van der Waals surface area contributed by atoms with Crippen molar-refractivity contribution < 1.29 is 4.74 Å². The second kappa shape index (κ2) is 4.16. The maximum Gasteiger partial charge on any atom is 0.129 e. The largest absolute Gasteiger partial charge is 0.496 e. The van der Waals surface area contributed by atoms with Crippen LogP contribution in [0.3, 0.4) is 0 Å². The Bertz CT molecular complexity index is 530. The lowest BCUT2D eigenvalue weighted by molar-refractivity contribution is 0.419. The molecule has 2 aromatic rings. The molecule has 2 nitrogen and oxygen atoms in total. The average molecular weight is 307 g/mol. The maximum absolute atomic E-state index is 6.11. The summed E-state index contributed by atoms with van der Waals surface area (Å²) in [6, 6.07) is 3.68. The van der Waals surface area contributed by atoms with Gasteiger partial charge in [0.1, 0.15) is 5.75 Å². The van der Waals surface area contributed by atoms with Gasteiger partial charge in [0.15, 0.2) is 0 Å². The van der Waals surface area contributed by atoms with Crippen LogP contribution in [-0.4, -0.2) is 12.1 Å². The highest BCUT2D eigenvalue weighted by atomic mass is 79.9. The Kier molecular flexibility index (Phi) is 3.05. The molecule has 0 N–H and O–H groups in total. The van der Waals surface area contributed by atoms with Gasteiger partial charge in [-0.25, -0.2) is 0 Å². The van der Waals surface area contributed by atoms with Crippen molar-refractivity contribution in [2.24, 2.45) is 0 Å². The lowest BCUT2D eigenvalue weighted by Crippen LogP contribution is -1.89. The third-order valence-corrected chi connectivity index (χ3v) is 3.46. The second-order valence-electron chi connectivity index (χ2n) is 2.89. The fourth-order valence-electron chi connectivity index (χ4n) is 1.35. The number of benzene rings is 1. The van der Waals surface area contributed by atoms with E-state index in [-0.39, 0.29) is 0 Å². The number of rotatable bonds is 1. The van der Waals surface area contributed by atoms with Gasteiger partial charge in [0.05, 0.1) is 28.1 Å². The van der Waals surface area contributed by atoms with E-state index in [1.807, 2.05) is 12.1 Å². The fraction of sp³-hybridized carbons (Fsp3) is 0.100. The smallest absolute Gasteiger partial charge is 0.129 e. The first-order valence-electron chi connectivity index (χ1n) is 4.11. The normalized spacial score (nSPS) is 10.7. The summed E-state index contributed by atoms with van der Waals surface area (Å²) in [6.07, 6.45) is 1.52. The topological polar surface area (TPSA) is 22.1 Å². The fourth-order valence-corrected chi connectivity index (χ4v) is 2.16. The van der Waals surface area contributed by atoms with E-state index in [2.05, 4.69) is 20.9 Å². The Hall–Kier alpha value is -0.510. The third-order valence-electron chi connectivity index (χ3n) is 2.05. The highest BCUT2D eigenvalue weighted by Crippen LogP contribution is 2.38. The highest BCUT2D eigenvalue weighted by Gasteiger charge is 2.12. The van der Waals surface area contributed by atoms with Gasteiger partial charge in [-0.1, -0.05) is 23.2 Å². The number of hydrogen-bond donors (Lipinski definition) is 0. The van der Waals surface area contributed by atoms with Crippen molar-refractivity contribution in [2.45, 2.75) is 0 Å². The molecule has 0 amide bonds. The molecular formula is C10H6BrCl2NO. The van der Waals surface area contributed by atoms with E-state index in [9.17, 15) is 0 Å². The van der Waals surface area contributed by atoms with E-state index in [1.165, 1.54) is 6.20 Å². The molecule has 78 valence electrons. The summed E-state index contributed by atoms with van der Waals surface area (Å²) in [5, 5.41) is 1.60. The molecule has 0 saturated carbocycles. The van der Waals surface area contributed by atoms with E-state index >= 15 is 0 Å². The first-order chi connectivity index (χ1) is 7.15. The number of halogens is 3. The second-order valence-corrected chi connectivity index (χ2v) is 4.53. The zero-order valence-electron chi connectivity index (χ0n) is 7.72. The monoisotopic (exact) mass is 305 g/mol. The third kappa shape index (κ3) is 1.80. The summed E-state index contributed by atoms with van der Waals surface area (Å²) in [4.78, 5) is 4.21. The van der Waals surface area contributed by atoms with Crippen LogP contribution in [0.5, 0.6) is 5.75 Å². The SMILES string of the molecule is COc1ccc(Br)c2ncc(Cl)c(Cl)c12. The van der Waals surface area contributed by atoms with Gasteiger partial charge in [0.25, 0.3) is 0 Å². The number of pyridine rings is 1. The number of methoxy groups -OCH3 is 1. The predicted molar refractivity (Wildman–Crippen MR) is 66.0 cm³/mol. The number of nitrogens with zero attached hydrogens (tertiary/aromatic N) is 1. The molecule has 0 unspecified atom stereocenters. The van der Waals surface area contributed by atoms with Gasteiger partial charge in [-0.15, -0.1) is 0 Å². The van der Waals surface area contributed by atoms with Crippen molar-refractivity contribution in [3.8, 4) is 5.75 Å². The lowest BCUT2D eigenvalue weighted by Gasteiger charge is -2.08.